The van der Waals surface area contributed by atoms with Crippen LogP contribution in [0.1, 0.15) is 20.8 Å². The lowest BCUT2D eigenvalue weighted by atomic mass is 10.1. The van der Waals surface area contributed by atoms with Crippen LogP contribution < -0.4 is 0 Å². The molecule has 13 heavy (non-hydrogen) atoms. The summed E-state index contributed by atoms with van der Waals surface area (Å²) < 4.78 is 1.26. The highest BCUT2D eigenvalue weighted by molar-refractivity contribution is 14.1. The second-order valence-corrected chi connectivity index (χ2v) is 5.77. The Bertz CT molecular complexity index is 145. The fourth-order valence-electron chi connectivity index (χ4n) is 1.76. The molecule has 0 atom stereocenters. The van der Waals surface area contributed by atoms with E-state index in [2.05, 4.69) is 53.2 Å². The average Bonchev–Trinajstić information content (AvgIpc) is 2.04. The summed E-state index contributed by atoms with van der Waals surface area (Å²) in [6.07, 6.45) is 0. The molecule has 0 spiro atoms. The first-order valence-corrected chi connectivity index (χ1v) is 6.60. The normalized spacial score (nSPS) is 22.2. The molecule has 1 heterocycles. The van der Waals surface area contributed by atoms with Crippen LogP contribution in [0.2, 0.25) is 0 Å². The number of halogens is 1. The van der Waals surface area contributed by atoms with Gasteiger partial charge in [-0.05, 0) is 20.8 Å². The summed E-state index contributed by atoms with van der Waals surface area (Å²) in [5.74, 6) is 0. The third-order valence-electron chi connectivity index (χ3n) is 2.72. The predicted octanol–water partition coefficient (Wildman–Crippen LogP) is 1.84. The highest BCUT2D eigenvalue weighted by atomic mass is 127. The molecule has 0 amide bonds. The molecule has 3 heteroatoms. The molecule has 0 unspecified atom stereocenters. The number of piperazine rings is 1. The molecule has 0 aliphatic carbocycles. The molecule has 1 fully saturated rings. The van der Waals surface area contributed by atoms with Crippen molar-refractivity contribution in [3.8, 4) is 0 Å². The van der Waals surface area contributed by atoms with Crippen LogP contribution in [0, 0.1) is 0 Å². The Labute approximate surface area is 95.8 Å². The van der Waals surface area contributed by atoms with Gasteiger partial charge in [0.05, 0.1) is 0 Å². The van der Waals surface area contributed by atoms with E-state index in [4.69, 9.17) is 0 Å². The van der Waals surface area contributed by atoms with Gasteiger partial charge in [-0.2, -0.15) is 0 Å². The van der Waals surface area contributed by atoms with Crippen LogP contribution >= 0.6 is 22.6 Å². The zero-order valence-corrected chi connectivity index (χ0v) is 11.2. The van der Waals surface area contributed by atoms with Gasteiger partial charge >= 0.3 is 0 Å². The van der Waals surface area contributed by atoms with Crippen LogP contribution in [0.3, 0.4) is 0 Å². The molecule has 0 aromatic carbocycles. The van der Waals surface area contributed by atoms with E-state index in [1.54, 1.807) is 0 Å². The van der Waals surface area contributed by atoms with E-state index in [1.807, 2.05) is 0 Å². The second kappa shape index (κ2) is 4.94. The largest absolute Gasteiger partial charge is 0.300 e. The van der Waals surface area contributed by atoms with Crippen molar-refractivity contribution in [3.05, 3.63) is 0 Å². The lowest BCUT2D eigenvalue weighted by molar-refractivity contribution is 0.0655. The number of alkyl halides is 1. The summed E-state index contributed by atoms with van der Waals surface area (Å²) in [7, 11) is 0. The first-order valence-electron chi connectivity index (χ1n) is 5.07. The fourth-order valence-corrected chi connectivity index (χ4v) is 2.44. The molecule has 2 nitrogen and oxygen atoms in total. The molecule has 1 rings (SSSR count). The maximum atomic E-state index is 2.58. The molecule has 78 valence electrons. The third-order valence-corrected chi connectivity index (χ3v) is 3.20. The highest BCUT2D eigenvalue weighted by Crippen LogP contribution is 2.15. The zero-order valence-electron chi connectivity index (χ0n) is 9.02. The minimum absolute atomic E-state index is 0.358. The van der Waals surface area contributed by atoms with Gasteiger partial charge in [0.25, 0.3) is 0 Å². The Balaban J connectivity index is 2.30. The molecular weight excluding hydrogens is 275 g/mol. The summed E-state index contributed by atoms with van der Waals surface area (Å²) in [5.41, 5.74) is 0.358. The Morgan fingerprint density at radius 3 is 2.00 bits per heavy atom. The molecule has 0 aromatic rings. The summed E-state index contributed by atoms with van der Waals surface area (Å²) in [6.45, 7) is 13.2. The molecule has 0 saturated carbocycles. The van der Waals surface area contributed by atoms with E-state index in [0.717, 1.165) is 0 Å². The zero-order chi connectivity index (χ0) is 9.90. The Morgan fingerprint density at radius 2 is 1.62 bits per heavy atom. The van der Waals surface area contributed by atoms with Gasteiger partial charge < -0.3 is 4.90 Å². The summed E-state index contributed by atoms with van der Waals surface area (Å²) >= 11 is 2.46. The van der Waals surface area contributed by atoms with Crippen LogP contribution in [0.5, 0.6) is 0 Å². The van der Waals surface area contributed by atoms with Crippen molar-refractivity contribution in [1.29, 1.82) is 0 Å². The maximum Gasteiger partial charge on any atom is 0.0126 e. The number of hydrogen-bond donors (Lipinski definition) is 0. The Kier molecular flexibility index (Phi) is 4.45. The second-order valence-electron chi connectivity index (χ2n) is 4.69. The monoisotopic (exact) mass is 296 g/mol. The molecular formula is C10H21IN2. The van der Waals surface area contributed by atoms with Crippen molar-refractivity contribution in [2.75, 3.05) is 37.2 Å². The summed E-state index contributed by atoms with van der Waals surface area (Å²) in [6, 6.07) is 0. The van der Waals surface area contributed by atoms with Crippen molar-refractivity contribution in [2.24, 2.45) is 0 Å². The first-order chi connectivity index (χ1) is 6.04. The smallest absolute Gasteiger partial charge is 0.0126 e. The third kappa shape index (κ3) is 3.72. The number of rotatable bonds is 2. The first kappa shape index (κ1) is 11.7. The lowest BCUT2D eigenvalue weighted by Gasteiger charge is -2.42. The van der Waals surface area contributed by atoms with E-state index < -0.39 is 0 Å². The minimum Gasteiger partial charge on any atom is -0.300 e. The van der Waals surface area contributed by atoms with Crippen molar-refractivity contribution in [2.45, 2.75) is 26.3 Å². The molecule has 1 saturated heterocycles. The van der Waals surface area contributed by atoms with Crippen LogP contribution in [0.15, 0.2) is 0 Å². The van der Waals surface area contributed by atoms with Crippen LogP contribution in [-0.2, 0) is 0 Å². The van der Waals surface area contributed by atoms with Crippen molar-refractivity contribution < 1.29 is 0 Å². The van der Waals surface area contributed by atoms with Crippen LogP contribution in [0.25, 0.3) is 0 Å². The van der Waals surface area contributed by atoms with Crippen molar-refractivity contribution >= 4 is 22.6 Å². The topological polar surface area (TPSA) is 6.48 Å². The van der Waals surface area contributed by atoms with Gasteiger partial charge in [0, 0.05) is 42.7 Å². The fraction of sp³-hybridized carbons (Fsp3) is 1.00. The lowest BCUT2D eigenvalue weighted by Crippen LogP contribution is -2.53. The van der Waals surface area contributed by atoms with Gasteiger partial charge in [0.2, 0.25) is 0 Å². The van der Waals surface area contributed by atoms with Crippen molar-refractivity contribution in [3.63, 3.8) is 0 Å². The van der Waals surface area contributed by atoms with E-state index in [9.17, 15) is 0 Å². The van der Waals surface area contributed by atoms with Crippen molar-refractivity contribution in [1.82, 2.24) is 9.80 Å². The van der Waals surface area contributed by atoms with Gasteiger partial charge in [-0.25, -0.2) is 0 Å². The summed E-state index contributed by atoms with van der Waals surface area (Å²) in [5, 5.41) is 0. The van der Waals surface area contributed by atoms with Gasteiger partial charge in [-0.3, -0.25) is 4.90 Å². The quantitative estimate of drug-likeness (QED) is 0.567. The Morgan fingerprint density at radius 1 is 1.08 bits per heavy atom. The van der Waals surface area contributed by atoms with Gasteiger partial charge in [-0.15, -0.1) is 0 Å². The van der Waals surface area contributed by atoms with Gasteiger partial charge in [0.1, 0.15) is 0 Å². The molecule has 0 bridgehead atoms. The molecule has 0 radical (unpaired) electrons. The molecule has 1 aliphatic rings. The van der Waals surface area contributed by atoms with Gasteiger partial charge in [-0.1, -0.05) is 22.6 Å². The van der Waals surface area contributed by atoms with E-state index in [-0.39, 0.29) is 0 Å². The molecule has 0 aromatic heterocycles. The average molecular weight is 296 g/mol. The summed E-state index contributed by atoms with van der Waals surface area (Å²) in [4.78, 5) is 5.14. The number of hydrogen-bond acceptors (Lipinski definition) is 2. The molecule has 0 N–H and O–H groups in total. The minimum atomic E-state index is 0.358. The molecule has 1 aliphatic heterocycles. The highest BCUT2D eigenvalue weighted by Gasteiger charge is 2.25. The standard InChI is InChI=1S/C10H21IN2/c1-10(2,3)13-8-6-12(5-4-11)7-9-13/h4-9H2,1-3H3. The predicted molar refractivity (Wildman–Crippen MR) is 66.7 cm³/mol. The Hall–Kier alpha value is 0.650. The van der Waals surface area contributed by atoms with E-state index in [0.29, 0.717) is 5.54 Å². The van der Waals surface area contributed by atoms with Crippen LogP contribution in [-0.4, -0.2) is 52.5 Å². The van der Waals surface area contributed by atoms with E-state index in [1.165, 1.54) is 37.2 Å². The van der Waals surface area contributed by atoms with Crippen LogP contribution in [0.4, 0.5) is 0 Å². The maximum absolute atomic E-state index is 2.58. The van der Waals surface area contributed by atoms with Gasteiger partial charge in [0.15, 0.2) is 0 Å². The SMILES string of the molecule is CC(C)(C)N1CCN(CCI)CC1. The number of nitrogens with zero attached hydrogens (tertiary/aromatic N) is 2. The van der Waals surface area contributed by atoms with E-state index >= 15 is 0 Å².